The molecule has 0 heterocycles. The van der Waals surface area contributed by atoms with Crippen LogP contribution in [0.4, 0.5) is 24.5 Å². The molecule has 0 aromatic heterocycles. The van der Waals surface area contributed by atoms with Crippen molar-refractivity contribution in [2.45, 2.75) is 31.0 Å². The molecular weight excluding hydrogens is 257 g/mol. The van der Waals surface area contributed by atoms with Gasteiger partial charge in [-0.3, -0.25) is 0 Å². The van der Waals surface area contributed by atoms with E-state index in [1.165, 1.54) is 6.07 Å². The van der Waals surface area contributed by atoms with Crippen molar-refractivity contribution in [2.75, 3.05) is 24.7 Å². The van der Waals surface area contributed by atoms with Crippen molar-refractivity contribution >= 4 is 11.4 Å². The first-order chi connectivity index (χ1) is 8.86. The smallest absolute Gasteiger partial charge is 0.398 e. The largest absolute Gasteiger partial charge is 0.418 e. The van der Waals surface area contributed by atoms with E-state index in [4.69, 9.17) is 10.5 Å². The first-order valence-corrected chi connectivity index (χ1v) is 6.12. The molecule has 1 aromatic rings. The molecule has 1 aliphatic carbocycles. The Bertz CT molecular complexity index is 450. The fourth-order valence-electron chi connectivity index (χ4n) is 2.20. The van der Waals surface area contributed by atoms with E-state index < -0.39 is 11.7 Å². The van der Waals surface area contributed by atoms with Gasteiger partial charge < -0.3 is 15.8 Å². The predicted octanol–water partition coefficient (Wildman–Crippen LogP) is 3.27. The third kappa shape index (κ3) is 2.94. The zero-order valence-corrected chi connectivity index (χ0v) is 10.7. The summed E-state index contributed by atoms with van der Waals surface area (Å²) >= 11 is 0. The quantitative estimate of drug-likeness (QED) is 0.828. The summed E-state index contributed by atoms with van der Waals surface area (Å²) in [5, 5.41) is 3.00. The van der Waals surface area contributed by atoms with Crippen molar-refractivity contribution in [2.24, 2.45) is 0 Å². The molecule has 0 bridgehead atoms. The van der Waals surface area contributed by atoms with Gasteiger partial charge in [0.2, 0.25) is 0 Å². The van der Waals surface area contributed by atoms with Crippen LogP contribution in [0.1, 0.15) is 24.8 Å². The molecule has 19 heavy (non-hydrogen) atoms. The van der Waals surface area contributed by atoms with Gasteiger partial charge in [0.15, 0.2) is 0 Å². The second-order valence-electron chi connectivity index (χ2n) is 4.89. The van der Waals surface area contributed by atoms with E-state index in [0.717, 1.165) is 25.3 Å². The standard InChI is InChI=1S/C13H17F3N2O/c1-19-12(5-2-6-12)8-18-9-3-4-11(17)10(7-9)13(14,15)16/h3-4,7,18H,2,5-6,8,17H2,1H3. The molecule has 0 unspecified atom stereocenters. The molecule has 3 nitrogen and oxygen atoms in total. The molecule has 3 N–H and O–H groups in total. The van der Waals surface area contributed by atoms with Crippen LogP contribution in [0.5, 0.6) is 0 Å². The molecule has 6 heteroatoms. The van der Waals surface area contributed by atoms with Gasteiger partial charge in [-0.05, 0) is 37.5 Å². The number of anilines is 2. The van der Waals surface area contributed by atoms with E-state index in [1.807, 2.05) is 0 Å². The van der Waals surface area contributed by atoms with Crippen LogP contribution >= 0.6 is 0 Å². The Morgan fingerprint density at radius 2 is 2.05 bits per heavy atom. The molecule has 0 saturated heterocycles. The zero-order valence-electron chi connectivity index (χ0n) is 10.7. The lowest BCUT2D eigenvalue weighted by molar-refractivity contribution is -0.136. The van der Waals surface area contributed by atoms with Gasteiger partial charge >= 0.3 is 6.18 Å². The molecule has 0 radical (unpaired) electrons. The maximum atomic E-state index is 12.7. The zero-order chi connectivity index (χ0) is 14.1. The average molecular weight is 274 g/mol. The van der Waals surface area contributed by atoms with Crippen LogP contribution in [0.25, 0.3) is 0 Å². The highest BCUT2D eigenvalue weighted by atomic mass is 19.4. The molecular formula is C13H17F3N2O. The van der Waals surface area contributed by atoms with Gasteiger partial charge in [0.1, 0.15) is 0 Å². The van der Waals surface area contributed by atoms with Crippen LogP contribution in [0, 0.1) is 0 Å². The number of hydrogen-bond acceptors (Lipinski definition) is 3. The number of benzene rings is 1. The lowest BCUT2D eigenvalue weighted by Crippen LogP contribution is -2.45. The predicted molar refractivity (Wildman–Crippen MR) is 67.9 cm³/mol. The highest BCUT2D eigenvalue weighted by Crippen LogP contribution is 2.37. The first-order valence-electron chi connectivity index (χ1n) is 6.12. The summed E-state index contributed by atoms with van der Waals surface area (Å²) in [4.78, 5) is 0. The van der Waals surface area contributed by atoms with Gasteiger partial charge in [-0.25, -0.2) is 0 Å². The van der Waals surface area contributed by atoms with Crippen LogP contribution in [0.2, 0.25) is 0 Å². The summed E-state index contributed by atoms with van der Waals surface area (Å²) in [6, 6.07) is 3.86. The van der Waals surface area contributed by atoms with Gasteiger partial charge in [0.05, 0.1) is 11.2 Å². The van der Waals surface area contributed by atoms with Crippen LogP contribution in [0.3, 0.4) is 0 Å². The van der Waals surface area contributed by atoms with E-state index in [-0.39, 0.29) is 11.3 Å². The van der Waals surface area contributed by atoms with E-state index in [1.54, 1.807) is 13.2 Å². The summed E-state index contributed by atoms with van der Waals surface area (Å²) in [5.41, 5.74) is 4.45. The SMILES string of the molecule is COC1(CNc2ccc(N)c(C(F)(F)F)c2)CCC1. The topological polar surface area (TPSA) is 47.3 Å². The third-order valence-electron chi connectivity index (χ3n) is 3.67. The van der Waals surface area contributed by atoms with Crippen molar-refractivity contribution in [3.63, 3.8) is 0 Å². The molecule has 0 spiro atoms. The summed E-state index contributed by atoms with van der Waals surface area (Å²) < 4.78 is 43.5. The monoisotopic (exact) mass is 274 g/mol. The molecule has 1 fully saturated rings. The summed E-state index contributed by atoms with van der Waals surface area (Å²) in [7, 11) is 1.63. The number of halogens is 3. The fourth-order valence-corrected chi connectivity index (χ4v) is 2.20. The van der Waals surface area contributed by atoms with Crippen molar-refractivity contribution in [3.05, 3.63) is 23.8 Å². The Morgan fingerprint density at radius 3 is 2.53 bits per heavy atom. The van der Waals surface area contributed by atoms with Gasteiger partial charge in [-0.15, -0.1) is 0 Å². The van der Waals surface area contributed by atoms with Crippen molar-refractivity contribution in [3.8, 4) is 0 Å². The summed E-state index contributed by atoms with van der Waals surface area (Å²) in [6.07, 6.45) is -1.49. The third-order valence-corrected chi connectivity index (χ3v) is 3.67. The Kier molecular flexibility index (Phi) is 3.62. The minimum absolute atomic E-state index is 0.236. The van der Waals surface area contributed by atoms with Crippen LogP contribution < -0.4 is 11.1 Å². The number of nitrogens with two attached hydrogens (primary N) is 1. The molecule has 1 saturated carbocycles. The van der Waals surface area contributed by atoms with Gasteiger partial charge in [-0.1, -0.05) is 0 Å². The fraction of sp³-hybridized carbons (Fsp3) is 0.538. The number of alkyl halides is 3. The number of ether oxygens (including phenoxy) is 1. The minimum Gasteiger partial charge on any atom is -0.398 e. The Morgan fingerprint density at radius 1 is 1.37 bits per heavy atom. The lowest BCUT2D eigenvalue weighted by Gasteiger charge is -2.40. The highest BCUT2D eigenvalue weighted by Gasteiger charge is 2.37. The maximum Gasteiger partial charge on any atom is 0.418 e. The number of hydrogen-bond donors (Lipinski definition) is 2. The van der Waals surface area contributed by atoms with E-state index in [0.29, 0.717) is 12.2 Å². The molecule has 0 atom stereocenters. The van der Waals surface area contributed by atoms with Gasteiger partial charge in [-0.2, -0.15) is 13.2 Å². The number of nitrogens with one attached hydrogen (secondary N) is 1. The Hall–Kier alpha value is -1.43. The first kappa shape index (κ1) is 14.0. The van der Waals surface area contributed by atoms with Gasteiger partial charge in [0, 0.05) is 25.0 Å². The van der Waals surface area contributed by atoms with Crippen molar-refractivity contribution in [1.29, 1.82) is 0 Å². The minimum atomic E-state index is -4.43. The average Bonchev–Trinajstić information content (AvgIpc) is 2.28. The molecule has 0 amide bonds. The second-order valence-corrected chi connectivity index (χ2v) is 4.89. The summed E-state index contributed by atoms with van der Waals surface area (Å²) in [5.74, 6) is 0. The number of methoxy groups -OCH3 is 1. The lowest BCUT2D eigenvalue weighted by atomic mass is 9.80. The van der Waals surface area contributed by atoms with Crippen molar-refractivity contribution < 1.29 is 17.9 Å². The second kappa shape index (κ2) is 4.92. The molecule has 1 aromatic carbocycles. The molecule has 2 rings (SSSR count). The van der Waals surface area contributed by atoms with E-state index >= 15 is 0 Å². The van der Waals surface area contributed by atoms with Gasteiger partial charge in [0.25, 0.3) is 0 Å². The van der Waals surface area contributed by atoms with E-state index in [2.05, 4.69) is 5.32 Å². The van der Waals surface area contributed by atoms with Crippen LogP contribution in [-0.4, -0.2) is 19.3 Å². The van der Waals surface area contributed by atoms with Crippen molar-refractivity contribution in [1.82, 2.24) is 0 Å². The number of rotatable bonds is 4. The normalized spacial score (nSPS) is 17.9. The van der Waals surface area contributed by atoms with Crippen LogP contribution in [0.15, 0.2) is 18.2 Å². The highest BCUT2D eigenvalue weighted by molar-refractivity contribution is 5.58. The molecule has 0 aliphatic heterocycles. The Labute approximate surface area is 109 Å². The van der Waals surface area contributed by atoms with E-state index in [9.17, 15) is 13.2 Å². The molecule has 106 valence electrons. The maximum absolute atomic E-state index is 12.7. The van der Waals surface area contributed by atoms with Crippen LogP contribution in [-0.2, 0) is 10.9 Å². The Balaban J connectivity index is 2.09. The summed E-state index contributed by atoms with van der Waals surface area (Å²) in [6.45, 7) is 0.505. The molecule has 1 aliphatic rings. The number of nitrogen functional groups attached to an aromatic ring is 1.